The summed E-state index contributed by atoms with van der Waals surface area (Å²) in [5, 5.41) is 0. The minimum absolute atomic E-state index is 0. The van der Waals surface area contributed by atoms with Crippen molar-refractivity contribution in [1.29, 1.82) is 0 Å². The fourth-order valence-electron chi connectivity index (χ4n) is 0. The third-order valence-electron chi connectivity index (χ3n) is 0. The zero-order chi connectivity index (χ0) is 0. The van der Waals surface area contributed by atoms with Gasteiger partial charge in [0.25, 0.3) is 0 Å². The van der Waals surface area contributed by atoms with Crippen molar-refractivity contribution < 1.29 is 46.6 Å². The first kappa shape index (κ1) is 77.6. The summed E-state index contributed by atoms with van der Waals surface area (Å²) in [6.07, 6.45) is 0. The molecule has 0 amide bonds. The first-order chi connectivity index (χ1) is 0. The molecule has 0 heterocycles. The molecule has 0 fully saturated rings. The van der Waals surface area contributed by atoms with Crippen LogP contribution in [0.1, 0.15) is 0 Å². The number of hydrogen-bond acceptors (Lipinski definition) is 0. The van der Waals surface area contributed by atoms with Crippen molar-refractivity contribution in [3.63, 3.8) is 0 Å². The van der Waals surface area contributed by atoms with Gasteiger partial charge in [0, 0.05) is 18.6 Å². The number of hydrogen-bond donors (Lipinski definition) is 0. The van der Waals surface area contributed by atoms with Crippen molar-refractivity contribution in [1.82, 2.24) is 0 Å². The molecule has 2 radical (unpaired) electrons. The van der Waals surface area contributed by atoms with Crippen molar-refractivity contribution >= 4 is 0 Å². The normalized spacial score (nSPS) is 0. The summed E-state index contributed by atoms with van der Waals surface area (Å²) in [7, 11) is 0. The summed E-state index contributed by atoms with van der Waals surface area (Å²) in [6, 6.07) is 0. The summed E-state index contributed by atoms with van der Waals surface area (Å²) in [5.74, 6) is 0. The molecule has 2 nitrogen and oxygen atoms in total. The zero-order valence-electron chi connectivity index (χ0n) is 1.57. The van der Waals surface area contributed by atoms with E-state index in [0.29, 0.717) is 0 Å². The van der Waals surface area contributed by atoms with Crippen molar-refractivity contribution in [2.24, 2.45) is 0 Å². The Balaban J connectivity index is 0. The van der Waals surface area contributed by atoms with Gasteiger partial charge in [-0.3, -0.25) is 0 Å². The Morgan fingerprint density at radius 2 is 0.750 bits per heavy atom. The van der Waals surface area contributed by atoms with Gasteiger partial charge in [-0.2, -0.15) is 0 Å². The van der Waals surface area contributed by atoms with Crippen LogP contribution in [0.5, 0.6) is 0 Å². The quantitative estimate of drug-likeness (QED) is 0.424. The first-order valence-electron chi connectivity index (χ1n) is 0. The van der Waals surface area contributed by atoms with Crippen LogP contribution in [-0.4, -0.2) is 0 Å². The Hall–Kier alpha value is 1.02. The van der Waals surface area contributed by atoms with E-state index in [0.717, 1.165) is 0 Å². The molecule has 0 N–H and O–H groups in total. The largest absolute Gasteiger partial charge is 2.00 e. The molecular formula is CuO2V-2. The molecule has 0 spiro atoms. The Labute approximate surface area is 46.9 Å². The topological polar surface area (TPSA) is 57.0 Å². The van der Waals surface area contributed by atoms with E-state index in [9.17, 15) is 0 Å². The van der Waals surface area contributed by atoms with E-state index < -0.39 is 0 Å². The van der Waals surface area contributed by atoms with E-state index in [1.807, 2.05) is 0 Å². The van der Waals surface area contributed by atoms with Crippen LogP contribution in [0.4, 0.5) is 0 Å². The van der Waals surface area contributed by atoms with E-state index in [1.165, 1.54) is 0 Å². The van der Waals surface area contributed by atoms with Crippen LogP contribution < -0.4 is 0 Å². The molecule has 0 atom stereocenters. The second-order valence-corrected chi connectivity index (χ2v) is 0. The van der Waals surface area contributed by atoms with E-state index in [4.69, 9.17) is 0 Å². The van der Waals surface area contributed by atoms with Crippen LogP contribution in [0.3, 0.4) is 0 Å². The predicted octanol–water partition coefficient (Wildman–Crippen LogP) is -0.243. The third-order valence-corrected chi connectivity index (χ3v) is 0. The zero-order valence-corrected chi connectivity index (χ0v) is 3.90. The molecule has 0 aliphatic carbocycles. The molecule has 0 aromatic rings. The van der Waals surface area contributed by atoms with Crippen LogP contribution in [0.2, 0.25) is 0 Å². The number of rotatable bonds is 0. The Kier molecular flexibility index (Phi) is 681. The Bertz CT molecular complexity index is 6.00. The van der Waals surface area contributed by atoms with Crippen molar-refractivity contribution in [2.75, 3.05) is 0 Å². The summed E-state index contributed by atoms with van der Waals surface area (Å²) < 4.78 is 0. The average Bonchev–Trinajstić information content (AvgIpc) is 0. The molecule has 0 saturated carbocycles. The van der Waals surface area contributed by atoms with Crippen LogP contribution in [0, 0.1) is 0 Å². The van der Waals surface area contributed by atoms with Gasteiger partial charge in [-0.05, 0) is 0 Å². The molecule has 0 aromatic carbocycles. The minimum atomic E-state index is 0. The minimum Gasteiger partial charge on any atom is -2.00 e. The van der Waals surface area contributed by atoms with Gasteiger partial charge in [-0.15, -0.1) is 0 Å². The molecule has 0 bridgehead atoms. The molecule has 0 aliphatic heterocycles. The Morgan fingerprint density at radius 1 is 0.750 bits per heavy atom. The van der Waals surface area contributed by atoms with Crippen molar-refractivity contribution in [3.05, 3.63) is 0 Å². The monoisotopic (exact) mass is 146 g/mol. The second kappa shape index (κ2) is 35.1. The van der Waals surface area contributed by atoms with Crippen LogP contribution >= 0.6 is 0 Å². The van der Waals surface area contributed by atoms with Gasteiger partial charge >= 0.3 is 17.1 Å². The molecule has 0 saturated heterocycles. The maximum absolute atomic E-state index is 0. The second-order valence-electron chi connectivity index (χ2n) is 0. The molecule has 4 heteroatoms. The predicted molar refractivity (Wildman–Crippen MR) is 1.37 cm³/mol. The van der Waals surface area contributed by atoms with Gasteiger partial charge in [0.2, 0.25) is 0 Å². The molecular weight excluding hydrogens is 146 g/mol. The smallest absolute Gasteiger partial charge is 2.00 e. The van der Waals surface area contributed by atoms with Gasteiger partial charge in [-0.25, -0.2) is 0 Å². The third kappa shape index (κ3) is 11.8. The van der Waals surface area contributed by atoms with Crippen LogP contribution in [-0.2, 0) is 46.6 Å². The molecule has 0 aliphatic rings. The van der Waals surface area contributed by atoms with Gasteiger partial charge in [0.15, 0.2) is 0 Å². The summed E-state index contributed by atoms with van der Waals surface area (Å²) in [5.41, 5.74) is 0. The molecule has 4 heavy (non-hydrogen) atoms. The molecule has 0 rings (SSSR count). The average molecular weight is 146 g/mol. The maximum atomic E-state index is 0. The molecule has 0 unspecified atom stereocenters. The van der Waals surface area contributed by atoms with Gasteiger partial charge in [0.05, 0.1) is 0 Å². The van der Waals surface area contributed by atoms with Crippen LogP contribution in [0.15, 0.2) is 0 Å². The van der Waals surface area contributed by atoms with E-state index >= 15 is 0 Å². The SMILES string of the molecule is [Cu+2].[O-2].[O-2].[V]. The fraction of sp³-hybridized carbons (Fsp3) is 0. The summed E-state index contributed by atoms with van der Waals surface area (Å²) >= 11 is 0. The maximum Gasteiger partial charge on any atom is 2.00 e. The Morgan fingerprint density at radius 3 is 0.750 bits per heavy atom. The molecule has 0 aromatic heterocycles. The van der Waals surface area contributed by atoms with E-state index in [-0.39, 0.29) is 46.6 Å². The molecule has 30 valence electrons. The van der Waals surface area contributed by atoms with Crippen LogP contribution in [0.25, 0.3) is 0 Å². The summed E-state index contributed by atoms with van der Waals surface area (Å²) in [6.45, 7) is 0. The standard InChI is InChI=1S/Cu.2O.V/q+2;2*-2;. The van der Waals surface area contributed by atoms with Crippen molar-refractivity contribution in [3.8, 4) is 0 Å². The van der Waals surface area contributed by atoms with Gasteiger partial charge in [0.1, 0.15) is 0 Å². The van der Waals surface area contributed by atoms with E-state index in [2.05, 4.69) is 0 Å². The van der Waals surface area contributed by atoms with E-state index in [1.54, 1.807) is 0 Å². The first-order valence-corrected chi connectivity index (χ1v) is 0. The van der Waals surface area contributed by atoms with Crippen molar-refractivity contribution in [2.45, 2.75) is 0 Å². The summed E-state index contributed by atoms with van der Waals surface area (Å²) in [4.78, 5) is 0. The van der Waals surface area contributed by atoms with Gasteiger partial charge < -0.3 is 11.0 Å². The fourth-order valence-corrected chi connectivity index (χ4v) is 0. The van der Waals surface area contributed by atoms with Gasteiger partial charge in [-0.1, -0.05) is 0 Å².